The number of halogens is 3. The smallest absolute Gasteiger partial charge is 0.370 e. The van der Waals surface area contributed by atoms with E-state index in [1.54, 1.807) is 37.6 Å². The number of fused-ring (bicyclic) bond motifs is 4. The van der Waals surface area contributed by atoms with Gasteiger partial charge < -0.3 is 30.4 Å². The Labute approximate surface area is 401 Å². The fourth-order valence-corrected chi connectivity index (χ4v) is 12.1. The molecule has 12 rings (SSSR count). The van der Waals surface area contributed by atoms with E-state index in [-0.39, 0.29) is 46.0 Å². The second-order valence-electron chi connectivity index (χ2n) is 20.1. The fraction of sp³-hybridized carbons (Fsp3) is 0.442. The topological polar surface area (TPSA) is 176 Å². The zero-order chi connectivity index (χ0) is 48.3. The molecule has 4 aromatic heterocycles. The lowest BCUT2D eigenvalue weighted by Gasteiger charge is -2.58. The molecule has 0 spiro atoms. The molecule has 1 unspecified atom stereocenters. The van der Waals surface area contributed by atoms with Gasteiger partial charge in [-0.2, -0.15) is 13.2 Å². The molecular formula is C52H56F3N11O4. The summed E-state index contributed by atoms with van der Waals surface area (Å²) in [7, 11) is 1.60. The van der Waals surface area contributed by atoms with Gasteiger partial charge in [-0.3, -0.25) is 29.0 Å². The third kappa shape index (κ3) is 8.80. The second-order valence-corrected chi connectivity index (χ2v) is 20.1. The number of benzene rings is 2. The van der Waals surface area contributed by atoms with Gasteiger partial charge in [0.2, 0.25) is 0 Å². The summed E-state index contributed by atoms with van der Waals surface area (Å²) in [6.45, 7) is 7.01. The maximum Gasteiger partial charge on any atom is 0.417 e. The van der Waals surface area contributed by atoms with Gasteiger partial charge >= 0.3 is 6.18 Å². The number of aromatic nitrogens is 5. The maximum atomic E-state index is 13.8. The van der Waals surface area contributed by atoms with Gasteiger partial charge in [0.25, 0.3) is 22.9 Å². The lowest BCUT2D eigenvalue weighted by atomic mass is 9.58. The van der Waals surface area contributed by atoms with Crippen molar-refractivity contribution >= 4 is 44.9 Å². The number of nitrogens with one attached hydrogen (secondary N) is 4. The molecule has 5 aliphatic heterocycles. The first-order chi connectivity index (χ1) is 33.8. The molecule has 70 heavy (non-hydrogen) atoms. The highest BCUT2D eigenvalue weighted by Crippen LogP contribution is 2.52. The second kappa shape index (κ2) is 18.3. The van der Waals surface area contributed by atoms with Gasteiger partial charge in [0.1, 0.15) is 17.2 Å². The number of piperidine rings is 4. The van der Waals surface area contributed by atoms with Crippen LogP contribution in [0, 0.1) is 5.92 Å². The van der Waals surface area contributed by atoms with Gasteiger partial charge in [-0.25, -0.2) is 15.0 Å². The van der Waals surface area contributed by atoms with E-state index in [0.717, 1.165) is 120 Å². The number of amides is 2. The SMILES string of the molecule is CNC(=O)c1ccc(N2CCC(N3CC4CC(c5nc6cc(CNC(=O)c7ccc(N8CCC(N9CCC(c%10cc%11c(C(F)(F)F)cccc%11c(=O)[nH]%10)C9)CC8)cn7)ccc6c(=O)[nH]5)(C4)C3)CC2)cn1. The molecule has 2 amide bonds. The van der Waals surface area contributed by atoms with Crippen molar-refractivity contribution in [1.82, 2.24) is 45.4 Å². The third-order valence-electron chi connectivity index (χ3n) is 15.8. The van der Waals surface area contributed by atoms with E-state index >= 15 is 0 Å². The van der Waals surface area contributed by atoms with E-state index in [4.69, 9.17) is 4.98 Å². The quantitative estimate of drug-likeness (QED) is 0.128. The molecule has 5 saturated heterocycles. The Morgan fingerprint density at radius 1 is 0.729 bits per heavy atom. The van der Waals surface area contributed by atoms with E-state index in [1.807, 2.05) is 24.3 Å². The van der Waals surface area contributed by atoms with Crippen molar-refractivity contribution < 1.29 is 22.8 Å². The Kier molecular flexibility index (Phi) is 11.9. The van der Waals surface area contributed by atoms with Crippen molar-refractivity contribution in [1.29, 1.82) is 0 Å². The number of anilines is 2. The minimum absolute atomic E-state index is 0.0447. The van der Waals surface area contributed by atoms with Crippen LogP contribution in [-0.2, 0) is 18.1 Å². The van der Waals surface area contributed by atoms with Crippen LogP contribution in [0.2, 0.25) is 0 Å². The van der Waals surface area contributed by atoms with E-state index in [1.165, 1.54) is 18.2 Å². The normalized spacial score (nSPS) is 22.6. The highest BCUT2D eigenvalue weighted by atomic mass is 19.4. The Morgan fingerprint density at radius 3 is 2.03 bits per heavy atom. The molecule has 4 N–H and O–H groups in total. The predicted molar refractivity (Wildman–Crippen MR) is 260 cm³/mol. The molecule has 2 aromatic carbocycles. The van der Waals surface area contributed by atoms with Crippen LogP contribution >= 0.6 is 0 Å². The first kappa shape index (κ1) is 45.8. The number of carbonyl (C=O) groups is 2. The van der Waals surface area contributed by atoms with Crippen molar-refractivity contribution in [2.24, 2.45) is 5.92 Å². The number of H-pyrrole nitrogens is 2. The zero-order valence-corrected chi connectivity index (χ0v) is 39.0. The Morgan fingerprint density at radius 2 is 1.39 bits per heavy atom. The Bertz CT molecular complexity index is 3070. The first-order valence-electron chi connectivity index (χ1n) is 24.5. The third-order valence-corrected chi connectivity index (χ3v) is 15.8. The van der Waals surface area contributed by atoms with E-state index in [2.05, 4.69) is 50.2 Å². The summed E-state index contributed by atoms with van der Waals surface area (Å²) in [6, 6.07) is 18.9. The van der Waals surface area contributed by atoms with Gasteiger partial charge in [-0.1, -0.05) is 12.1 Å². The van der Waals surface area contributed by atoms with E-state index in [9.17, 15) is 32.3 Å². The summed E-state index contributed by atoms with van der Waals surface area (Å²) >= 11 is 0. The first-order valence-corrected chi connectivity index (χ1v) is 24.5. The lowest BCUT2D eigenvalue weighted by molar-refractivity contribution is -0.136. The number of likely N-dealkylation sites (tertiary alicyclic amines) is 1. The molecule has 6 aromatic rings. The number of aromatic amines is 2. The predicted octanol–water partition coefficient (Wildman–Crippen LogP) is 5.95. The van der Waals surface area contributed by atoms with Crippen LogP contribution in [0.15, 0.2) is 88.7 Å². The average Bonchev–Trinajstić information content (AvgIpc) is 3.88. The number of hydrogen-bond donors (Lipinski definition) is 4. The number of carbonyl (C=O) groups excluding carboxylic acids is 2. The van der Waals surface area contributed by atoms with Crippen LogP contribution in [0.3, 0.4) is 0 Å². The van der Waals surface area contributed by atoms with Crippen molar-refractivity contribution in [2.75, 3.05) is 69.2 Å². The van der Waals surface area contributed by atoms with Crippen molar-refractivity contribution in [2.45, 2.75) is 81.1 Å². The molecule has 15 nitrogen and oxygen atoms in total. The standard InChI is InChI=1S/C52H56F3N11O4/c1-56-48(69)42-9-6-36(26-57-42)64-19-14-35(15-20-64)66-28-32-23-51(24-32,30-66)50-61-45-21-31(5-8-39(45)47(68)62-50)25-59-49(70)43-10-7-37(27-58-43)63-17-12-34(13-18-63)65-16-11-33(29-65)44-22-40-38(46(67)60-44)3-2-4-41(40)52(53,54)55/h2-10,21-22,26-27,32-35H,11-20,23-25,28-30H2,1H3,(H,56,69)(H,59,70)(H,60,67)(H,61,62,68). The van der Waals surface area contributed by atoms with Crippen LogP contribution in [0.5, 0.6) is 0 Å². The molecule has 6 fully saturated rings. The van der Waals surface area contributed by atoms with Crippen LogP contribution in [-0.4, -0.2) is 118 Å². The summed E-state index contributed by atoms with van der Waals surface area (Å²) in [4.78, 5) is 81.2. The van der Waals surface area contributed by atoms with Gasteiger partial charge in [-0.15, -0.1) is 0 Å². The molecule has 6 aliphatic rings. The minimum Gasteiger partial charge on any atom is -0.370 e. The zero-order valence-electron chi connectivity index (χ0n) is 39.0. The number of rotatable bonds is 10. The number of hydrogen-bond acceptors (Lipinski definition) is 11. The van der Waals surface area contributed by atoms with Crippen LogP contribution in [0.4, 0.5) is 24.5 Å². The number of alkyl halides is 3. The van der Waals surface area contributed by atoms with Crippen LogP contribution < -0.4 is 31.6 Å². The monoisotopic (exact) mass is 955 g/mol. The summed E-state index contributed by atoms with van der Waals surface area (Å²) in [5.41, 5.74) is 3.00. The largest absolute Gasteiger partial charge is 0.417 e. The molecule has 9 heterocycles. The summed E-state index contributed by atoms with van der Waals surface area (Å²) in [5, 5.41) is 6.11. The van der Waals surface area contributed by atoms with E-state index < -0.39 is 17.3 Å². The number of nitrogens with zero attached hydrogens (tertiary/aromatic N) is 7. The summed E-state index contributed by atoms with van der Waals surface area (Å²) < 4.78 is 41.4. The summed E-state index contributed by atoms with van der Waals surface area (Å²) in [5.74, 6) is 0.739. The average molecular weight is 956 g/mol. The van der Waals surface area contributed by atoms with Crippen molar-refractivity contribution in [3.63, 3.8) is 0 Å². The highest BCUT2D eigenvalue weighted by molar-refractivity contribution is 5.93. The highest BCUT2D eigenvalue weighted by Gasteiger charge is 2.54. The van der Waals surface area contributed by atoms with Crippen LogP contribution in [0.1, 0.15) is 94.5 Å². The molecule has 2 bridgehead atoms. The molecule has 18 heteroatoms. The molecule has 1 aliphatic carbocycles. The molecule has 0 radical (unpaired) electrons. The fourth-order valence-electron chi connectivity index (χ4n) is 12.1. The van der Waals surface area contributed by atoms with E-state index in [0.29, 0.717) is 52.5 Å². The summed E-state index contributed by atoms with van der Waals surface area (Å²) in [6.07, 6.45) is 5.54. The van der Waals surface area contributed by atoms with Gasteiger partial charge in [-0.05, 0) is 118 Å². The van der Waals surface area contributed by atoms with Crippen molar-refractivity contribution in [3.8, 4) is 0 Å². The minimum atomic E-state index is -4.55. The molecule has 364 valence electrons. The van der Waals surface area contributed by atoms with Gasteiger partial charge in [0.05, 0.1) is 40.2 Å². The maximum absolute atomic E-state index is 13.8. The number of pyridine rings is 3. The van der Waals surface area contributed by atoms with Gasteiger partial charge in [0.15, 0.2) is 0 Å². The molecular weight excluding hydrogens is 900 g/mol. The van der Waals surface area contributed by atoms with Gasteiger partial charge in [0, 0.05) is 99.3 Å². The molecule has 1 atom stereocenters. The van der Waals surface area contributed by atoms with Crippen LogP contribution in [0.25, 0.3) is 21.7 Å². The Hall–Kier alpha value is -6.66. The van der Waals surface area contributed by atoms with Crippen molar-refractivity contribution in [3.05, 3.63) is 134 Å². The Balaban J connectivity index is 0.672. The lowest BCUT2D eigenvalue weighted by Crippen LogP contribution is -2.63. The molecule has 1 saturated carbocycles.